The molecule has 0 bridgehead atoms. The van der Waals surface area contributed by atoms with Crippen molar-refractivity contribution in [3.05, 3.63) is 41.5 Å². The normalized spacial score (nSPS) is 11.5. The van der Waals surface area contributed by atoms with Gasteiger partial charge in [-0.1, -0.05) is 30.9 Å². The zero-order valence-electron chi connectivity index (χ0n) is 19.5. The Morgan fingerprint density at radius 1 is 0.667 bits per heavy atom. The molecule has 0 unspecified atom stereocenters. The summed E-state index contributed by atoms with van der Waals surface area (Å²) in [5, 5.41) is 0. The average molecular weight is 457 g/mol. The van der Waals surface area contributed by atoms with Crippen LogP contribution in [0.5, 0.6) is 0 Å². The van der Waals surface area contributed by atoms with Crippen LogP contribution in [0, 0.1) is 0 Å². The first kappa shape index (κ1) is 27.7. The molecule has 0 fully saturated rings. The van der Waals surface area contributed by atoms with E-state index in [9.17, 15) is 0 Å². The van der Waals surface area contributed by atoms with Crippen LogP contribution in [-0.2, 0) is 30.9 Å². The molecule has 0 amide bonds. The molecule has 0 N–H and O–H groups in total. The van der Waals surface area contributed by atoms with Crippen LogP contribution in [0.2, 0.25) is 0 Å². The lowest BCUT2D eigenvalue weighted by Gasteiger charge is -2.16. The second-order valence-electron chi connectivity index (χ2n) is 6.98. The van der Waals surface area contributed by atoms with E-state index in [0.717, 1.165) is 77.3 Å². The van der Waals surface area contributed by atoms with Crippen molar-refractivity contribution in [1.29, 1.82) is 0 Å². The summed E-state index contributed by atoms with van der Waals surface area (Å²) < 4.78 is 22.8. The van der Waals surface area contributed by atoms with Gasteiger partial charge in [-0.2, -0.15) is 0 Å². The van der Waals surface area contributed by atoms with Gasteiger partial charge in [0.1, 0.15) is 0 Å². The second kappa shape index (κ2) is 18.3. The van der Waals surface area contributed by atoms with E-state index in [0.29, 0.717) is 0 Å². The van der Waals surface area contributed by atoms with Crippen molar-refractivity contribution in [2.45, 2.75) is 66.2 Å². The van der Waals surface area contributed by atoms with Gasteiger partial charge in [0.25, 0.3) is 0 Å². The molecule has 0 saturated carbocycles. The summed E-state index contributed by atoms with van der Waals surface area (Å²) in [6.45, 7) is 15.0. The smallest absolute Gasteiger partial charge is 0.170 e. The third-order valence-electron chi connectivity index (χ3n) is 4.52. The first-order chi connectivity index (χ1) is 14.7. The highest BCUT2D eigenvalue weighted by Crippen LogP contribution is 2.39. The Kier molecular flexibility index (Phi) is 16.8. The van der Waals surface area contributed by atoms with Gasteiger partial charge in [-0.3, -0.25) is 0 Å². The minimum absolute atomic E-state index is 0.713. The van der Waals surface area contributed by atoms with Gasteiger partial charge in [0.05, 0.1) is 26.4 Å². The van der Waals surface area contributed by atoms with Gasteiger partial charge in [0.15, 0.2) is 16.8 Å². The third kappa shape index (κ3) is 12.5. The minimum Gasteiger partial charge on any atom is -0.334 e. The summed E-state index contributed by atoms with van der Waals surface area (Å²) in [4.78, 5) is 0. The molecule has 0 aliphatic rings. The lowest BCUT2D eigenvalue weighted by molar-refractivity contribution is 0.268. The maximum absolute atomic E-state index is 5.71. The molecule has 0 saturated heterocycles. The molecule has 1 aromatic rings. The Labute approximate surface area is 187 Å². The molecule has 30 heavy (non-hydrogen) atoms. The zero-order chi connectivity index (χ0) is 22.0. The largest absolute Gasteiger partial charge is 0.334 e. The first-order valence-corrected chi connectivity index (χ1v) is 14.2. The molecule has 0 spiro atoms. The fraction of sp³-hybridized carbons (Fsp3) is 0.667. The van der Waals surface area contributed by atoms with Crippen LogP contribution in [0.4, 0.5) is 0 Å². The van der Waals surface area contributed by atoms with Crippen LogP contribution < -0.4 is 0 Å². The average Bonchev–Trinajstić information content (AvgIpc) is 2.74. The number of rotatable bonds is 19. The fourth-order valence-corrected chi connectivity index (χ4v) is 6.03. The SMILES string of the molecule is C=Cc1cc(CCCCP(OCC)OCC)cc(CCCCP(OCC)OCC)c1. The molecule has 0 heterocycles. The molecule has 1 rings (SSSR count). The van der Waals surface area contributed by atoms with E-state index >= 15 is 0 Å². The van der Waals surface area contributed by atoms with Crippen LogP contribution in [0.25, 0.3) is 6.08 Å². The molecule has 0 atom stereocenters. The molecule has 0 aliphatic heterocycles. The minimum atomic E-state index is -0.713. The van der Waals surface area contributed by atoms with E-state index in [1.807, 2.05) is 33.8 Å². The van der Waals surface area contributed by atoms with Crippen molar-refractivity contribution in [3.63, 3.8) is 0 Å². The number of aryl methyl sites for hydroxylation is 2. The van der Waals surface area contributed by atoms with E-state index in [4.69, 9.17) is 18.1 Å². The van der Waals surface area contributed by atoms with Gasteiger partial charge in [0, 0.05) is 12.3 Å². The zero-order valence-corrected chi connectivity index (χ0v) is 21.3. The van der Waals surface area contributed by atoms with E-state index in [-0.39, 0.29) is 0 Å². The maximum atomic E-state index is 5.71. The lowest BCUT2D eigenvalue weighted by atomic mass is 9.99. The van der Waals surface area contributed by atoms with Crippen molar-refractivity contribution in [2.75, 3.05) is 38.8 Å². The number of hydrogen-bond acceptors (Lipinski definition) is 4. The summed E-state index contributed by atoms with van der Waals surface area (Å²) in [6.07, 6.45) is 10.8. The molecular weight excluding hydrogens is 414 g/mol. The van der Waals surface area contributed by atoms with Gasteiger partial charge in [-0.05, 0) is 82.9 Å². The summed E-state index contributed by atoms with van der Waals surface area (Å²) in [5.41, 5.74) is 4.04. The first-order valence-electron chi connectivity index (χ1n) is 11.5. The standard InChI is InChI=1S/C24H42O4P2/c1-6-22-19-23(15-11-13-17-29(25-7-2)26-8-3)21-24(20-22)16-12-14-18-30(27-9-4)28-10-5/h6,19-21H,1,7-18H2,2-5H3. The lowest BCUT2D eigenvalue weighted by Crippen LogP contribution is -1.98. The molecular formula is C24H42O4P2. The summed E-state index contributed by atoms with van der Waals surface area (Å²) in [5.74, 6) is 0. The van der Waals surface area contributed by atoms with E-state index in [2.05, 4.69) is 24.8 Å². The third-order valence-corrected chi connectivity index (χ3v) is 8.06. The predicted octanol–water partition coefficient (Wildman–Crippen LogP) is 7.74. The summed E-state index contributed by atoms with van der Waals surface area (Å²) in [7, 11) is -1.43. The Morgan fingerprint density at radius 2 is 1.07 bits per heavy atom. The molecule has 6 heteroatoms. The summed E-state index contributed by atoms with van der Waals surface area (Å²) in [6, 6.07) is 6.91. The maximum Gasteiger partial charge on any atom is 0.170 e. The van der Waals surface area contributed by atoms with Gasteiger partial charge < -0.3 is 18.1 Å². The number of hydrogen-bond donors (Lipinski definition) is 0. The molecule has 172 valence electrons. The Bertz CT molecular complexity index is 514. The second-order valence-corrected chi connectivity index (χ2v) is 10.2. The number of unbranched alkanes of at least 4 members (excludes halogenated alkanes) is 2. The van der Waals surface area contributed by atoms with Crippen LogP contribution in [-0.4, -0.2) is 38.8 Å². The van der Waals surface area contributed by atoms with Gasteiger partial charge >= 0.3 is 0 Å². The Balaban J connectivity index is 2.47. The quantitative estimate of drug-likeness (QED) is 0.158. The number of benzene rings is 1. The van der Waals surface area contributed by atoms with Crippen molar-refractivity contribution in [2.24, 2.45) is 0 Å². The van der Waals surface area contributed by atoms with E-state index in [1.54, 1.807) is 0 Å². The Morgan fingerprint density at radius 3 is 1.40 bits per heavy atom. The monoisotopic (exact) mass is 456 g/mol. The van der Waals surface area contributed by atoms with E-state index < -0.39 is 16.8 Å². The molecule has 0 radical (unpaired) electrons. The van der Waals surface area contributed by atoms with Crippen LogP contribution >= 0.6 is 16.8 Å². The van der Waals surface area contributed by atoms with Crippen molar-refractivity contribution in [3.8, 4) is 0 Å². The topological polar surface area (TPSA) is 36.9 Å². The van der Waals surface area contributed by atoms with Crippen LogP contribution in [0.15, 0.2) is 24.8 Å². The Hall–Kier alpha value is -0.340. The highest BCUT2D eigenvalue weighted by Gasteiger charge is 2.10. The van der Waals surface area contributed by atoms with Crippen molar-refractivity contribution >= 4 is 22.8 Å². The fourth-order valence-electron chi connectivity index (χ4n) is 3.25. The van der Waals surface area contributed by atoms with Gasteiger partial charge in [-0.15, -0.1) is 0 Å². The van der Waals surface area contributed by atoms with Crippen LogP contribution in [0.1, 0.15) is 70.1 Å². The van der Waals surface area contributed by atoms with Crippen LogP contribution in [0.3, 0.4) is 0 Å². The summed E-state index contributed by atoms with van der Waals surface area (Å²) >= 11 is 0. The molecule has 0 aliphatic carbocycles. The molecule has 0 aromatic heterocycles. The van der Waals surface area contributed by atoms with Gasteiger partial charge in [0.2, 0.25) is 0 Å². The highest BCUT2D eigenvalue weighted by atomic mass is 31.2. The predicted molar refractivity (Wildman–Crippen MR) is 132 cm³/mol. The molecule has 1 aromatic carbocycles. The van der Waals surface area contributed by atoms with Crippen molar-refractivity contribution in [1.82, 2.24) is 0 Å². The van der Waals surface area contributed by atoms with E-state index in [1.165, 1.54) is 16.7 Å². The van der Waals surface area contributed by atoms with Gasteiger partial charge in [-0.25, -0.2) is 0 Å². The molecule has 4 nitrogen and oxygen atoms in total. The highest BCUT2D eigenvalue weighted by molar-refractivity contribution is 7.47. The van der Waals surface area contributed by atoms with Crippen molar-refractivity contribution < 1.29 is 18.1 Å².